The summed E-state index contributed by atoms with van der Waals surface area (Å²) in [6, 6.07) is 10.00. The van der Waals surface area contributed by atoms with Gasteiger partial charge in [0, 0.05) is 17.7 Å². The fraction of sp³-hybridized carbons (Fsp3) is 0.417. The number of amides is 3. The molecule has 1 heterocycles. The number of carboxylic acids is 1. The monoisotopic (exact) mass is 473 g/mol. The van der Waals surface area contributed by atoms with Gasteiger partial charge in [-0.1, -0.05) is 44.2 Å². The van der Waals surface area contributed by atoms with Crippen LogP contribution in [0.1, 0.15) is 45.1 Å². The lowest BCUT2D eigenvalue weighted by Gasteiger charge is -2.22. The highest BCUT2D eigenvalue weighted by molar-refractivity contribution is 7.13. The highest BCUT2D eigenvalue weighted by Gasteiger charge is 2.26. The van der Waals surface area contributed by atoms with Crippen molar-refractivity contribution in [1.82, 2.24) is 10.6 Å². The molecular weight excluding hydrogens is 442 g/mol. The molecule has 0 saturated carbocycles. The van der Waals surface area contributed by atoms with Crippen molar-refractivity contribution in [1.29, 1.82) is 0 Å². The van der Waals surface area contributed by atoms with Crippen molar-refractivity contribution in [2.45, 2.75) is 58.0 Å². The molecular formula is C24H31N3O5S. The van der Waals surface area contributed by atoms with Crippen LogP contribution in [0.15, 0.2) is 41.8 Å². The van der Waals surface area contributed by atoms with Crippen molar-refractivity contribution < 1.29 is 24.3 Å². The summed E-state index contributed by atoms with van der Waals surface area (Å²) in [4.78, 5) is 49.0. The second-order valence-electron chi connectivity index (χ2n) is 8.32. The van der Waals surface area contributed by atoms with E-state index in [1.165, 1.54) is 4.88 Å². The molecule has 3 amide bonds. The number of carbonyl (C=O) groups is 4. The predicted octanol–water partition coefficient (Wildman–Crippen LogP) is 2.71. The molecule has 5 N–H and O–H groups in total. The van der Waals surface area contributed by atoms with Crippen LogP contribution in [0, 0.1) is 5.92 Å². The van der Waals surface area contributed by atoms with Crippen molar-refractivity contribution >= 4 is 35.0 Å². The number of nitrogens with two attached hydrogens (primary N) is 1. The van der Waals surface area contributed by atoms with Crippen LogP contribution in [-0.4, -0.2) is 40.9 Å². The smallest absolute Gasteiger partial charge is 0.303 e. The quantitative estimate of drug-likeness (QED) is 0.354. The van der Waals surface area contributed by atoms with Crippen LogP contribution in [0.5, 0.6) is 0 Å². The Hall–Kier alpha value is -3.20. The molecule has 0 radical (unpaired) electrons. The van der Waals surface area contributed by atoms with Gasteiger partial charge in [-0.15, -0.1) is 11.3 Å². The lowest BCUT2D eigenvalue weighted by molar-refractivity contribution is -0.138. The van der Waals surface area contributed by atoms with Gasteiger partial charge in [-0.2, -0.15) is 0 Å². The minimum Gasteiger partial charge on any atom is -0.481 e. The van der Waals surface area contributed by atoms with Crippen LogP contribution in [0.3, 0.4) is 0 Å². The molecule has 8 nitrogen and oxygen atoms in total. The Bertz CT molecular complexity index is 942. The molecule has 0 aliphatic heterocycles. The first-order valence-electron chi connectivity index (χ1n) is 10.9. The molecule has 0 unspecified atom stereocenters. The normalized spacial score (nSPS) is 12.7. The number of rotatable bonds is 13. The molecule has 178 valence electrons. The van der Waals surface area contributed by atoms with Crippen LogP contribution in [0.25, 0.3) is 10.4 Å². The Labute approximate surface area is 197 Å². The highest BCUT2D eigenvalue weighted by Crippen LogP contribution is 2.24. The van der Waals surface area contributed by atoms with E-state index in [0.717, 1.165) is 11.1 Å². The van der Waals surface area contributed by atoms with Crippen LogP contribution in [0.2, 0.25) is 0 Å². The topological polar surface area (TPSA) is 139 Å². The van der Waals surface area contributed by atoms with Gasteiger partial charge in [0.25, 0.3) is 0 Å². The largest absolute Gasteiger partial charge is 0.481 e. The second kappa shape index (κ2) is 12.7. The third kappa shape index (κ3) is 9.05. The minimum absolute atomic E-state index is 0.0877. The lowest BCUT2D eigenvalue weighted by atomic mass is 10.0. The van der Waals surface area contributed by atoms with Gasteiger partial charge in [0.05, 0.1) is 0 Å². The Kier molecular flexibility index (Phi) is 10.1. The summed E-state index contributed by atoms with van der Waals surface area (Å²) in [5, 5.41) is 16.2. The maximum absolute atomic E-state index is 12.7. The van der Waals surface area contributed by atoms with Gasteiger partial charge >= 0.3 is 5.97 Å². The number of aryl methyl sites for hydroxylation is 1. The first-order chi connectivity index (χ1) is 15.7. The number of hydrogen-bond donors (Lipinski definition) is 4. The summed E-state index contributed by atoms with van der Waals surface area (Å²) in [6.45, 7) is 3.78. The van der Waals surface area contributed by atoms with Gasteiger partial charge in [0.15, 0.2) is 0 Å². The highest BCUT2D eigenvalue weighted by atomic mass is 32.1. The van der Waals surface area contributed by atoms with Gasteiger partial charge in [0.2, 0.25) is 17.7 Å². The van der Waals surface area contributed by atoms with Crippen molar-refractivity contribution in [3.05, 3.63) is 47.3 Å². The summed E-state index contributed by atoms with van der Waals surface area (Å²) in [5.41, 5.74) is 7.46. The number of carboxylic acid groups (broad SMARTS) is 1. The van der Waals surface area contributed by atoms with E-state index in [-0.39, 0.29) is 31.1 Å². The summed E-state index contributed by atoms with van der Waals surface area (Å²) in [6.07, 6.45) is 0.577. The van der Waals surface area contributed by atoms with Gasteiger partial charge in [0.1, 0.15) is 12.1 Å². The van der Waals surface area contributed by atoms with E-state index in [0.29, 0.717) is 12.8 Å². The van der Waals surface area contributed by atoms with E-state index in [1.807, 2.05) is 55.6 Å². The van der Waals surface area contributed by atoms with Gasteiger partial charge in [-0.25, -0.2) is 0 Å². The Morgan fingerprint density at radius 3 is 2.24 bits per heavy atom. The van der Waals surface area contributed by atoms with E-state index in [9.17, 15) is 19.2 Å². The summed E-state index contributed by atoms with van der Waals surface area (Å²) in [5.74, 6) is -2.63. The molecule has 0 aliphatic carbocycles. The zero-order chi connectivity index (χ0) is 24.4. The number of carbonyl (C=O) groups excluding carboxylic acids is 3. The fourth-order valence-electron chi connectivity index (χ4n) is 3.33. The third-order valence-electron chi connectivity index (χ3n) is 5.07. The number of primary amides is 1. The van der Waals surface area contributed by atoms with Gasteiger partial charge < -0.3 is 21.5 Å². The molecule has 1 aromatic carbocycles. The number of hydrogen-bond acceptors (Lipinski definition) is 5. The molecule has 2 aromatic rings. The zero-order valence-corrected chi connectivity index (χ0v) is 19.7. The van der Waals surface area contributed by atoms with E-state index < -0.39 is 29.9 Å². The maximum Gasteiger partial charge on any atom is 0.303 e. The van der Waals surface area contributed by atoms with E-state index >= 15 is 0 Å². The molecule has 9 heteroatoms. The standard InChI is InChI=1S/C24H31N3O5S/c1-15(2)14-19(23(25)31)27-24(32)18(10-12-22(29)30)26-21(28)11-7-16-5-8-17(9-6-16)20-4-3-13-33-20/h3-6,8-9,13,15,18-19H,7,10-12,14H2,1-2H3,(H2,25,31)(H,26,28)(H,27,32)(H,29,30)/t18-,19+/m0/s1. The Balaban J connectivity index is 1.95. The van der Waals surface area contributed by atoms with Crippen molar-refractivity contribution in [2.24, 2.45) is 11.7 Å². The van der Waals surface area contributed by atoms with Crippen LogP contribution >= 0.6 is 11.3 Å². The molecule has 1 aromatic heterocycles. The van der Waals surface area contributed by atoms with Crippen LogP contribution in [-0.2, 0) is 25.6 Å². The predicted molar refractivity (Wildman–Crippen MR) is 127 cm³/mol. The molecule has 0 fully saturated rings. The number of benzene rings is 1. The average Bonchev–Trinajstić information content (AvgIpc) is 3.29. The fourth-order valence-corrected chi connectivity index (χ4v) is 4.06. The molecule has 0 bridgehead atoms. The van der Waals surface area contributed by atoms with Crippen molar-refractivity contribution in [2.75, 3.05) is 0 Å². The molecule has 0 spiro atoms. The summed E-state index contributed by atoms with van der Waals surface area (Å²) in [7, 11) is 0. The Morgan fingerprint density at radius 1 is 1.00 bits per heavy atom. The van der Waals surface area contributed by atoms with Crippen molar-refractivity contribution in [3.8, 4) is 10.4 Å². The molecule has 33 heavy (non-hydrogen) atoms. The minimum atomic E-state index is -1.08. The first-order valence-corrected chi connectivity index (χ1v) is 11.8. The van der Waals surface area contributed by atoms with E-state index in [1.54, 1.807) is 11.3 Å². The molecule has 0 aliphatic rings. The number of thiophene rings is 1. The number of nitrogens with one attached hydrogen (secondary N) is 2. The Morgan fingerprint density at radius 2 is 1.70 bits per heavy atom. The van der Waals surface area contributed by atoms with Crippen LogP contribution in [0.4, 0.5) is 0 Å². The number of aliphatic carboxylic acids is 1. The van der Waals surface area contributed by atoms with E-state index in [2.05, 4.69) is 10.6 Å². The lowest BCUT2D eigenvalue weighted by Crippen LogP contribution is -2.53. The second-order valence-corrected chi connectivity index (χ2v) is 9.27. The van der Waals surface area contributed by atoms with Gasteiger partial charge in [-0.3, -0.25) is 19.2 Å². The van der Waals surface area contributed by atoms with Crippen LogP contribution < -0.4 is 16.4 Å². The first kappa shape index (κ1) is 26.1. The third-order valence-corrected chi connectivity index (χ3v) is 5.98. The van der Waals surface area contributed by atoms with Gasteiger partial charge in [-0.05, 0) is 47.8 Å². The molecule has 0 saturated heterocycles. The molecule has 2 rings (SSSR count). The summed E-state index contributed by atoms with van der Waals surface area (Å²) >= 11 is 1.65. The average molecular weight is 474 g/mol. The summed E-state index contributed by atoms with van der Waals surface area (Å²) < 4.78 is 0. The SMILES string of the molecule is CC(C)C[C@@H](NC(=O)[C@H](CCC(=O)O)NC(=O)CCc1ccc(-c2cccs2)cc1)C(N)=O. The zero-order valence-electron chi connectivity index (χ0n) is 18.9. The molecule has 2 atom stereocenters. The maximum atomic E-state index is 12.7. The van der Waals surface area contributed by atoms with E-state index in [4.69, 9.17) is 10.8 Å². The van der Waals surface area contributed by atoms with Crippen molar-refractivity contribution in [3.63, 3.8) is 0 Å².